The molecule has 1 aliphatic rings. The minimum atomic E-state index is -1.68. The average molecular weight is 274 g/mol. The standard InChI is InChI=1S/C17H26OSi/c1-17(2,3)19(4,5)18-16-13-9-12-15(16)14-10-7-6-8-11-14/h6-12,15-16H,13H2,1-5H3/t15-,16+/m1/s1. The van der Waals surface area contributed by atoms with Crippen LogP contribution in [0, 0.1) is 0 Å². The van der Waals surface area contributed by atoms with Crippen molar-refractivity contribution in [3.63, 3.8) is 0 Å². The summed E-state index contributed by atoms with van der Waals surface area (Å²) in [6.45, 7) is 11.6. The molecular formula is C17H26OSi. The zero-order valence-electron chi connectivity index (χ0n) is 12.8. The SMILES string of the molecule is CC(C)(C)[Si](C)(C)O[C@H]1CC=C[C@@H]1c1ccccc1. The van der Waals surface area contributed by atoms with Crippen LogP contribution in [0.1, 0.15) is 38.7 Å². The summed E-state index contributed by atoms with van der Waals surface area (Å²) in [7, 11) is -1.68. The molecule has 1 aromatic rings. The lowest BCUT2D eigenvalue weighted by Crippen LogP contribution is -2.44. The first kappa shape index (κ1) is 14.5. The van der Waals surface area contributed by atoms with Crippen molar-refractivity contribution in [3.8, 4) is 0 Å². The molecule has 0 saturated carbocycles. The summed E-state index contributed by atoms with van der Waals surface area (Å²) in [6.07, 6.45) is 5.96. The van der Waals surface area contributed by atoms with E-state index in [-0.39, 0.29) is 5.04 Å². The van der Waals surface area contributed by atoms with E-state index in [0.29, 0.717) is 12.0 Å². The van der Waals surface area contributed by atoms with Gasteiger partial charge in [0.2, 0.25) is 0 Å². The maximum Gasteiger partial charge on any atom is 0.192 e. The summed E-state index contributed by atoms with van der Waals surface area (Å²) in [6, 6.07) is 10.7. The summed E-state index contributed by atoms with van der Waals surface area (Å²) in [5.74, 6) is 0.426. The van der Waals surface area contributed by atoms with Crippen LogP contribution in [0.3, 0.4) is 0 Å². The molecule has 1 aromatic carbocycles. The Labute approximate surface area is 118 Å². The zero-order chi connectivity index (χ0) is 14.1. The molecule has 0 aromatic heterocycles. The highest BCUT2D eigenvalue weighted by Crippen LogP contribution is 2.41. The highest BCUT2D eigenvalue weighted by Gasteiger charge is 2.41. The van der Waals surface area contributed by atoms with Gasteiger partial charge in [-0.2, -0.15) is 0 Å². The van der Waals surface area contributed by atoms with Crippen LogP contribution in [-0.4, -0.2) is 14.4 Å². The van der Waals surface area contributed by atoms with Crippen molar-refractivity contribution in [1.29, 1.82) is 0 Å². The molecule has 0 amide bonds. The minimum absolute atomic E-state index is 0.275. The van der Waals surface area contributed by atoms with Gasteiger partial charge < -0.3 is 4.43 Å². The molecule has 2 atom stereocenters. The van der Waals surface area contributed by atoms with Crippen LogP contribution < -0.4 is 0 Å². The van der Waals surface area contributed by atoms with Gasteiger partial charge >= 0.3 is 0 Å². The van der Waals surface area contributed by atoms with Crippen LogP contribution in [0.25, 0.3) is 0 Å². The van der Waals surface area contributed by atoms with Crippen molar-refractivity contribution in [2.75, 3.05) is 0 Å². The lowest BCUT2D eigenvalue weighted by atomic mass is 9.97. The quantitative estimate of drug-likeness (QED) is 0.549. The van der Waals surface area contributed by atoms with Crippen LogP contribution in [-0.2, 0) is 4.43 Å². The predicted molar refractivity (Wildman–Crippen MR) is 85.0 cm³/mol. The molecule has 0 N–H and O–H groups in total. The van der Waals surface area contributed by atoms with E-state index in [9.17, 15) is 0 Å². The van der Waals surface area contributed by atoms with E-state index < -0.39 is 8.32 Å². The Hall–Kier alpha value is -0.863. The van der Waals surface area contributed by atoms with Crippen molar-refractivity contribution < 1.29 is 4.43 Å². The largest absolute Gasteiger partial charge is 0.413 e. The Kier molecular flexibility index (Phi) is 4.02. The van der Waals surface area contributed by atoms with Gasteiger partial charge in [-0.15, -0.1) is 0 Å². The summed E-state index contributed by atoms with van der Waals surface area (Å²) in [4.78, 5) is 0. The summed E-state index contributed by atoms with van der Waals surface area (Å²) in [5, 5.41) is 0.275. The Morgan fingerprint density at radius 2 is 1.74 bits per heavy atom. The second-order valence-electron chi connectivity index (χ2n) is 7.02. The van der Waals surface area contributed by atoms with Crippen molar-refractivity contribution in [1.82, 2.24) is 0 Å². The monoisotopic (exact) mass is 274 g/mol. The fraction of sp³-hybridized carbons (Fsp3) is 0.529. The first-order chi connectivity index (χ1) is 8.81. The summed E-state index contributed by atoms with van der Waals surface area (Å²) >= 11 is 0. The fourth-order valence-electron chi connectivity index (χ4n) is 2.31. The van der Waals surface area contributed by atoms with E-state index in [2.05, 4.69) is 76.3 Å². The van der Waals surface area contributed by atoms with Gasteiger partial charge in [0.15, 0.2) is 8.32 Å². The van der Waals surface area contributed by atoms with E-state index in [1.54, 1.807) is 0 Å². The molecule has 1 aliphatic carbocycles. The van der Waals surface area contributed by atoms with Crippen LogP contribution in [0.5, 0.6) is 0 Å². The third kappa shape index (κ3) is 3.18. The second kappa shape index (κ2) is 5.26. The average Bonchev–Trinajstić information content (AvgIpc) is 2.76. The van der Waals surface area contributed by atoms with E-state index in [1.165, 1.54) is 5.56 Å². The van der Waals surface area contributed by atoms with Gasteiger partial charge in [0.25, 0.3) is 0 Å². The van der Waals surface area contributed by atoms with E-state index >= 15 is 0 Å². The molecule has 0 unspecified atom stereocenters. The van der Waals surface area contributed by atoms with Gasteiger partial charge in [-0.05, 0) is 30.1 Å². The number of rotatable bonds is 3. The highest BCUT2D eigenvalue weighted by molar-refractivity contribution is 6.74. The molecule has 0 aliphatic heterocycles. The third-order valence-electron chi connectivity index (χ3n) is 4.55. The number of hydrogen-bond donors (Lipinski definition) is 0. The number of hydrogen-bond acceptors (Lipinski definition) is 1. The minimum Gasteiger partial charge on any atom is -0.413 e. The zero-order valence-corrected chi connectivity index (χ0v) is 13.8. The predicted octanol–water partition coefficient (Wildman–Crippen LogP) is 5.12. The van der Waals surface area contributed by atoms with Crippen molar-refractivity contribution in [2.24, 2.45) is 0 Å². The highest BCUT2D eigenvalue weighted by atomic mass is 28.4. The molecule has 0 heterocycles. The molecule has 19 heavy (non-hydrogen) atoms. The fourth-order valence-corrected chi connectivity index (χ4v) is 3.66. The van der Waals surface area contributed by atoms with Gasteiger partial charge in [0.1, 0.15) is 0 Å². The maximum atomic E-state index is 6.61. The van der Waals surface area contributed by atoms with Gasteiger partial charge in [-0.25, -0.2) is 0 Å². The molecule has 1 nitrogen and oxygen atoms in total. The topological polar surface area (TPSA) is 9.23 Å². The second-order valence-corrected chi connectivity index (χ2v) is 11.8. The van der Waals surface area contributed by atoms with E-state index in [1.807, 2.05) is 0 Å². The van der Waals surface area contributed by atoms with Crippen LogP contribution in [0.2, 0.25) is 18.1 Å². The normalized spacial score (nSPS) is 23.8. The van der Waals surface area contributed by atoms with E-state index in [0.717, 1.165) is 6.42 Å². The molecule has 0 spiro atoms. The van der Waals surface area contributed by atoms with Crippen molar-refractivity contribution in [3.05, 3.63) is 48.0 Å². The lowest BCUT2D eigenvalue weighted by molar-refractivity contribution is 0.177. The van der Waals surface area contributed by atoms with Crippen molar-refractivity contribution >= 4 is 8.32 Å². The molecule has 0 fully saturated rings. The maximum absolute atomic E-state index is 6.61. The van der Waals surface area contributed by atoms with Gasteiger partial charge in [-0.1, -0.05) is 63.3 Å². The molecule has 104 valence electrons. The third-order valence-corrected chi connectivity index (χ3v) is 9.05. The molecular weight excluding hydrogens is 248 g/mol. The molecule has 0 bridgehead atoms. The first-order valence-corrected chi connectivity index (χ1v) is 10.1. The Bertz CT molecular complexity index is 442. The smallest absolute Gasteiger partial charge is 0.192 e. The first-order valence-electron chi connectivity index (χ1n) is 7.21. The number of benzene rings is 1. The van der Waals surface area contributed by atoms with Gasteiger partial charge in [-0.3, -0.25) is 0 Å². The molecule has 0 radical (unpaired) electrons. The Morgan fingerprint density at radius 3 is 2.32 bits per heavy atom. The van der Waals surface area contributed by atoms with Gasteiger partial charge in [0, 0.05) is 5.92 Å². The molecule has 2 heteroatoms. The summed E-state index contributed by atoms with van der Waals surface area (Å²) in [5.41, 5.74) is 1.37. The van der Waals surface area contributed by atoms with E-state index in [4.69, 9.17) is 4.43 Å². The summed E-state index contributed by atoms with van der Waals surface area (Å²) < 4.78 is 6.61. The van der Waals surface area contributed by atoms with Crippen LogP contribution in [0.4, 0.5) is 0 Å². The van der Waals surface area contributed by atoms with Crippen LogP contribution >= 0.6 is 0 Å². The lowest BCUT2D eigenvalue weighted by Gasteiger charge is -2.40. The van der Waals surface area contributed by atoms with Crippen molar-refractivity contribution in [2.45, 2.75) is 57.3 Å². The Balaban J connectivity index is 2.14. The van der Waals surface area contributed by atoms with Crippen LogP contribution in [0.15, 0.2) is 42.5 Å². The molecule has 2 rings (SSSR count). The Morgan fingerprint density at radius 1 is 1.11 bits per heavy atom. The molecule has 0 saturated heterocycles. The van der Waals surface area contributed by atoms with Gasteiger partial charge in [0.05, 0.1) is 6.10 Å².